The molecule has 7 nitrogen and oxygen atoms in total. The molecule has 1 aromatic carbocycles. The summed E-state index contributed by atoms with van der Waals surface area (Å²) >= 11 is 0. The molecule has 4 N–H and O–H groups in total. The van der Waals surface area contributed by atoms with Gasteiger partial charge in [0.1, 0.15) is 23.2 Å². The van der Waals surface area contributed by atoms with Gasteiger partial charge in [-0.2, -0.15) is 0 Å². The fourth-order valence-electron chi connectivity index (χ4n) is 3.95. The Hall–Kier alpha value is -1.67. The molecule has 3 aliphatic rings. The van der Waals surface area contributed by atoms with Crippen LogP contribution >= 0.6 is 0 Å². The molecule has 0 amide bonds. The van der Waals surface area contributed by atoms with Crippen LogP contribution in [-0.2, 0) is 4.74 Å². The first-order chi connectivity index (χ1) is 10.3. The Kier molecular flexibility index (Phi) is 2.41. The topological polar surface area (TPSA) is 116 Å². The Balaban J connectivity index is 2.00. The van der Waals surface area contributed by atoms with Gasteiger partial charge in [0.15, 0.2) is 11.2 Å². The van der Waals surface area contributed by atoms with Gasteiger partial charge in [0.25, 0.3) is 0 Å². The molecule has 0 radical (unpaired) electrons. The van der Waals surface area contributed by atoms with Crippen LogP contribution in [0.3, 0.4) is 0 Å². The van der Waals surface area contributed by atoms with Crippen molar-refractivity contribution >= 4 is 5.78 Å². The number of hydrogen-bond donors (Lipinski definition) is 4. The Labute approximate surface area is 125 Å². The minimum atomic E-state index is -2.38. The van der Waals surface area contributed by atoms with Gasteiger partial charge in [-0.05, 0) is 19.1 Å². The molecule has 2 fully saturated rings. The molecule has 5 atom stereocenters. The van der Waals surface area contributed by atoms with Gasteiger partial charge in [-0.3, -0.25) is 4.79 Å². The molecule has 1 spiro atoms. The number of ketones is 1. The van der Waals surface area contributed by atoms with E-state index in [1.54, 1.807) is 6.92 Å². The van der Waals surface area contributed by atoms with Crippen LogP contribution in [0, 0.1) is 0 Å². The maximum atomic E-state index is 12.8. The number of Topliss-reactive ketones (excluding diaryl/α,β-unsaturated/α-hetero) is 1. The summed E-state index contributed by atoms with van der Waals surface area (Å²) < 4.78 is 11.3. The Morgan fingerprint density at radius 2 is 2.05 bits per heavy atom. The number of phenolic OH excluding ortho intramolecular Hbond substituents is 1. The lowest BCUT2D eigenvalue weighted by Crippen LogP contribution is -2.79. The molecule has 0 aromatic heterocycles. The summed E-state index contributed by atoms with van der Waals surface area (Å²) in [6.07, 6.45) is -2.90. The number of ether oxygens (including phenoxy) is 2. The van der Waals surface area contributed by atoms with Gasteiger partial charge >= 0.3 is 0 Å². The highest BCUT2D eigenvalue weighted by atomic mass is 16.6. The lowest BCUT2D eigenvalue weighted by atomic mass is 9.61. The van der Waals surface area contributed by atoms with Crippen molar-refractivity contribution in [2.75, 3.05) is 6.61 Å². The molecule has 2 aliphatic heterocycles. The van der Waals surface area contributed by atoms with Crippen LogP contribution in [-0.4, -0.2) is 61.8 Å². The van der Waals surface area contributed by atoms with Gasteiger partial charge in [0, 0.05) is 6.42 Å². The van der Waals surface area contributed by atoms with Crippen LogP contribution in [0.5, 0.6) is 11.5 Å². The highest BCUT2D eigenvalue weighted by molar-refractivity contribution is 6.09. The van der Waals surface area contributed by atoms with Crippen molar-refractivity contribution in [3.05, 3.63) is 23.8 Å². The monoisotopic (exact) mass is 308 g/mol. The van der Waals surface area contributed by atoms with Crippen molar-refractivity contribution < 1.29 is 34.7 Å². The minimum Gasteiger partial charge on any atom is -0.507 e. The molecule has 1 saturated heterocycles. The quantitative estimate of drug-likeness (QED) is 0.503. The minimum absolute atomic E-state index is 0.0516. The zero-order valence-corrected chi connectivity index (χ0v) is 11.8. The normalized spacial score (nSPS) is 45.9. The van der Waals surface area contributed by atoms with Crippen molar-refractivity contribution in [2.45, 2.75) is 42.4 Å². The van der Waals surface area contributed by atoms with E-state index >= 15 is 0 Å². The maximum Gasteiger partial charge on any atom is 0.208 e. The summed E-state index contributed by atoms with van der Waals surface area (Å²) in [5.41, 5.74) is -5.48. The molecule has 22 heavy (non-hydrogen) atoms. The van der Waals surface area contributed by atoms with Crippen LogP contribution in [0.4, 0.5) is 0 Å². The van der Waals surface area contributed by atoms with Gasteiger partial charge < -0.3 is 29.9 Å². The predicted octanol–water partition coefficient (Wildman–Crippen LogP) is -0.648. The van der Waals surface area contributed by atoms with E-state index in [-0.39, 0.29) is 30.1 Å². The van der Waals surface area contributed by atoms with E-state index in [9.17, 15) is 25.2 Å². The zero-order valence-electron chi connectivity index (χ0n) is 11.8. The maximum absolute atomic E-state index is 12.8. The highest BCUT2D eigenvalue weighted by Crippen LogP contribution is 2.56. The van der Waals surface area contributed by atoms with E-state index in [2.05, 4.69) is 0 Å². The number of rotatable bonds is 0. The summed E-state index contributed by atoms with van der Waals surface area (Å²) in [6.45, 7) is 1.36. The molecule has 1 aliphatic carbocycles. The van der Waals surface area contributed by atoms with Crippen molar-refractivity contribution in [3.63, 3.8) is 0 Å². The predicted molar refractivity (Wildman–Crippen MR) is 71.7 cm³/mol. The van der Waals surface area contributed by atoms with Crippen molar-refractivity contribution in [3.8, 4) is 11.5 Å². The lowest BCUT2D eigenvalue weighted by Gasteiger charge is -2.54. The lowest BCUT2D eigenvalue weighted by molar-refractivity contribution is -0.225. The summed E-state index contributed by atoms with van der Waals surface area (Å²) in [7, 11) is 0. The number of carbonyl (C=O) groups excluding carboxylic acids is 1. The third-order valence-electron chi connectivity index (χ3n) is 5.23. The van der Waals surface area contributed by atoms with E-state index in [4.69, 9.17) is 9.47 Å². The summed E-state index contributed by atoms with van der Waals surface area (Å²) in [5.74, 6) is -1.17. The first-order valence-corrected chi connectivity index (χ1v) is 7.04. The summed E-state index contributed by atoms with van der Waals surface area (Å²) in [6, 6.07) is 4.25. The number of aliphatic hydroxyl groups excluding tert-OH is 2. The highest BCUT2D eigenvalue weighted by Gasteiger charge is 2.78. The van der Waals surface area contributed by atoms with Gasteiger partial charge in [0.2, 0.25) is 5.78 Å². The van der Waals surface area contributed by atoms with Crippen LogP contribution < -0.4 is 4.74 Å². The molecule has 4 rings (SSSR count). The second-order valence-corrected chi connectivity index (χ2v) is 6.46. The average Bonchev–Trinajstić information content (AvgIpc) is 2.65. The number of benzene rings is 1. The smallest absolute Gasteiger partial charge is 0.208 e. The molecule has 7 heteroatoms. The fourth-order valence-corrected chi connectivity index (χ4v) is 3.95. The number of fused-ring (bicyclic) bond motifs is 2. The third-order valence-corrected chi connectivity index (χ3v) is 5.23. The molecule has 1 aromatic rings. The number of aromatic hydroxyl groups is 1. The SMILES string of the molecule is C[C@]12C[C@H](O)[C@]3(O)C(=O)c4c(O)cccc4O[C@@]3(CO1)[C@@H]2O. The second-order valence-electron chi connectivity index (χ2n) is 6.46. The molecule has 118 valence electrons. The van der Waals surface area contributed by atoms with Crippen molar-refractivity contribution in [1.29, 1.82) is 0 Å². The first-order valence-electron chi connectivity index (χ1n) is 7.04. The van der Waals surface area contributed by atoms with E-state index in [0.29, 0.717) is 0 Å². The molecule has 1 saturated carbocycles. The molecular weight excluding hydrogens is 292 g/mol. The van der Waals surface area contributed by atoms with Crippen LogP contribution in [0.2, 0.25) is 0 Å². The largest absolute Gasteiger partial charge is 0.507 e. The first kappa shape index (κ1) is 14.0. The van der Waals surface area contributed by atoms with Crippen LogP contribution in [0.1, 0.15) is 23.7 Å². The molecule has 0 unspecified atom stereocenters. The van der Waals surface area contributed by atoms with E-state index in [1.807, 2.05) is 0 Å². The molecular formula is C15H16O7. The molecule has 2 bridgehead atoms. The zero-order chi connectivity index (χ0) is 15.9. The van der Waals surface area contributed by atoms with Gasteiger partial charge in [0.05, 0.1) is 18.3 Å². The molecule has 2 heterocycles. The van der Waals surface area contributed by atoms with E-state index < -0.39 is 34.8 Å². The van der Waals surface area contributed by atoms with Crippen LogP contribution in [0.15, 0.2) is 18.2 Å². The summed E-state index contributed by atoms with van der Waals surface area (Å²) in [5, 5.41) is 41.9. The van der Waals surface area contributed by atoms with Gasteiger partial charge in [-0.25, -0.2) is 0 Å². The van der Waals surface area contributed by atoms with E-state index in [1.165, 1.54) is 18.2 Å². The number of hydrogen-bond acceptors (Lipinski definition) is 7. The Bertz CT molecular complexity index is 688. The number of carbonyl (C=O) groups is 1. The van der Waals surface area contributed by atoms with E-state index in [0.717, 1.165) is 0 Å². The Morgan fingerprint density at radius 3 is 2.77 bits per heavy atom. The second kappa shape index (κ2) is 3.80. The number of aliphatic hydroxyl groups is 3. The standard InChI is InChI=1S/C15H16O7/c1-13-5-9(17)15(20)11(18)10-7(16)3-2-4-8(10)22-14(15,6-21-13)12(13)19/h2-4,9,12,16-17,19-20H,5-6H2,1H3/t9-,12+,13+,14-,15-/m0/s1. The average molecular weight is 308 g/mol. The third kappa shape index (κ3) is 1.25. The van der Waals surface area contributed by atoms with Crippen molar-refractivity contribution in [2.24, 2.45) is 0 Å². The summed E-state index contributed by atoms with van der Waals surface area (Å²) in [4.78, 5) is 12.8. The van der Waals surface area contributed by atoms with Crippen LogP contribution in [0.25, 0.3) is 0 Å². The fraction of sp³-hybridized carbons (Fsp3) is 0.533. The van der Waals surface area contributed by atoms with Gasteiger partial charge in [-0.15, -0.1) is 0 Å². The van der Waals surface area contributed by atoms with Gasteiger partial charge in [-0.1, -0.05) is 6.07 Å². The Morgan fingerprint density at radius 1 is 1.32 bits per heavy atom. The van der Waals surface area contributed by atoms with Crippen molar-refractivity contribution in [1.82, 2.24) is 0 Å². The number of phenols is 1.